The Morgan fingerprint density at radius 3 is 2.46 bits per heavy atom. The lowest BCUT2D eigenvalue weighted by molar-refractivity contribution is -0.131. The largest absolute Gasteiger partial charge is 0.361 e. The first kappa shape index (κ1) is 18.2. The molecule has 0 unspecified atom stereocenters. The molecule has 6 heteroatoms. The van der Waals surface area contributed by atoms with Gasteiger partial charge in [0.15, 0.2) is 11.6 Å². The van der Waals surface area contributed by atoms with Crippen LogP contribution >= 0.6 is 0 Å². The van der Waals surface area contributed by atoms with Gasteiger partial charge >= 0.3 is 0 Å². The normalized spacial score (nSPS) is 14.4. The first-order valence-electron chi connectivity index (χ1n) is 9.12. The smallest absolute Gasteiger partial charge is 0.223 e. The SMILES string of the molecule is Cc1cccc(CCC(=O)N2CCN(c3ccc(N(C)C)nn3)CC2)c1. The van der Waals surface area contributed by atoms with Gasteiger partial charge in [0.2, 0.25) is 5.91 Å². The van der Waals surface area contributed by atoms with Crippen LogP contribution in [0.4, 0.5) is 11.6 Å². The Hall–Kier alpha value is -2.63. The molecule has 0 saturated carbocycles. The third kappa shape index (κ3) is 4.50. The minimum atomic E-state index is 0.236. The maximum atomic E-state index is 12.5. The summed E-state index contributed by atoms with van der Waals surface area (Å²) in [5.41, 5.74) is 2.47. The lowest BCUT2D eigenvalue weighted by Gasteiger charge is -2.35. The van der Waals surface area contributed by atoms with Crippen molar-refractivity contribution in [2.24, 2.45) is 0 Å². The molecule has 1 aromatic carbocycles. The highest BCUT2D eigenvalue weighted by Gasteiger charge is 2.22. The van der Waals surface area contributed by atoms with Crippen LogP contribution in [0.25, 0.3) is 0 Å². The van der Waals surface area contributed by atoms with Gasteiger partial charge < -0.3 is 14.7 Å². The van der Waals surface area contributed by atoms with E-state index in [1.54, 1.807) is 0 Å². The number of benzene rings is 1. The average molecular weight is 353 g/mol. The van der Waals surface area contributed by atoms with Crippen molar-refractivity contribution in [3.63, 3.8) is 0 Å². The highest BCUT2D eigenvalue weighted by Crippen LogP contribution is 2.16. The number of amides is 1. The zero-order valence-corrected chi connectivity index (χ0v) is 15.9. The van der Waals surface area contributed by atoms with Gasteiger partial charge in [-0.2, -0.15) is 0 Å². The zero-order chi connectivity index (χ0) is 18.5. The van der Waals surface area contributed by atoms with Crippen LogP contribution in [-0.2, 0) is 11.2 Å². The van der Waals surface area contributed by atoms with Crippen LogP contribution in [0.2, 0.25) is 0 Å². The van der Waals surface area contributed by atoms with E-state index in [2.05, 4.69) is 46.3 Å². The van der Waals surface area contributed by atoms with Gasteiger partial charge in [0, 0.05) is 46.7 Å². The molecule has 1 aliphatic heterocycles. The molecule has 3 rings (SSSR count). The zero-order valence-electron chi connectivity index (χ0n) is 15.9. The molecule has 1 aliphatic rings. The van der Waals surface area contributed by atoms with Crippen LogP contribution in [0.3, 0.4) is 0 Å². The van der Waals surface area contributed by atoms with E-state index in [0.29, 0.717) is 6.42 Å². The quantitative estimate of drug-likeness (QED) is 0.824. The minimum Gasteiger partial charge on any atom is -0.361 e. The van der Waals surface area contributed by atoms with Crippen LogP contribution < -0.4 is 9.80 Å². The molecule has 0 bridgehead atoms. The first-order chi connectivity index (χ1) is 12.5. The second-order valence-electron chi connectivity index (χ2n) is 7.00. The maximum Gasteiger partial charge on any atom is 0.223 e. The number of piperazine rings is 1. The van der Waals surface area contributed by atoms with Gasteiger partial charge in [-0.1, -0.05) is 29.8 Å². The molecular weight excluding hydrogens is 326 g/mol. The van der Waals surface area contributed by atoms with E-state index >= 15 is 0 Å². The first-order valence-corrected chi connectivity index (χ1v) is 9.12. The van der Waals surface area contributed by atoms with Crippen LogP contribution in [0.15, 0.2) is 36.4 Å². The molecule has 1 fully saturated rings. The number of anilines is 2. The Labute approximate surface area is 155 Å². The molecule has 1 amide bonds. The van der Waals surface area contributed by atoms with Crippen LogP contribution in [0.1, 0.15) is 17.5 Å². The molecule has 0 aliphatic carbocycles. The summed E-state index contributed by atoms with van der Waals surface area (Å²) in [6.45, 7) is 5.16. The number of aromatic nitrogens is 2. The highest BCUT2D eigenvalue weighted by molar-refractivity contribution is 5.76. The summed E-state index contributed by atoms with van der Waals surface area (Å²) in [6.07, 6.45) is 1.37. The number of hydrogen-bond donors (Lipinski definition) is 0. The van der Waals surface area contributed by atoms with Crippen molar-refractivity contribution >= 4 is 17.5 Å². The number of hydrogen-bond acceptors (Lipinski definition) is 5. The second kappa shape index (κ2) is 8.17. The number of rotatable bonds is 5. The van der Waals surface area contributed by atoms with Gasteiger partial charge in [-0.3, -0.25) is 4.79 Å². The van der Waals surface area contributed by atoms with Crippen LogP contribution in [-0.4, -0.2) is 61.3 Å². The Balaban J connectivity index is 1.49. The lowest BCUT2D eigenvalue weighted by Crippen LogP contribution is -2.49. The Morgan fingerprint density at radius 1 is 1.08 bits per heavy atom. The highest BCUT2D eigenvalue weighted by atomic mass is 16.2. The van der Waals surface area contributed by atoms with Crippen LogP contribution in [0.5, 0.6) is 0 Å². The van der Waals surface area contributed by atoms with Gasteiger partial charge in [-0.05, 0) is 31.0 Å². The molecule has 1 aromatic heterocycles. The number of aryl methyl sites for hydroxylation is 2. The van der Waals surface area contributed by atoms with Crippen molar-refractivity contribution in [2.45, 2.75) is 19.8 Å². The second-order valence-corrected chi connectivity index (χ2v) is 7.00. The predicted molar refractivity (Wildman–Crippen MR) is 105 cm³/mol. The van der Waals surface area contributed by atoms with Gasteiger partial charge in [0.05, 0.1) is 0 Å². The van der Waals surface area contributed by atoms with Crippen molar-refractivity contribution < 1.29 is 4.79 Å². The van der Waals surface area contributed by atoms with E-state index in [4.69, 9.17) is 0 Å². The lowest BCUT2D eigenvalue weighted by atomic mass is 10.1. The molecule has 0 spiro atoms. The van der Waals surface area contributed by atoms with Gasteiger partial charge in [-0.25, -0.2) is 0 Å². The molecule has 138 valence electrons. The summed E-state index contributed by atoms with van der Waals surface area (Å²) in [4.78, 5) is 18.6. The monoisotopic (exact) mass is 353 g/mol. The van der Waals surface area contributed by atoms with E-state index in [-0.39, 0.29) is 5.91 Å². The van der Waals surface area contributed by atoms with Crippen molar-refractivity contribution in [1.29, 1.82) is 0 Å². The predicted octanol–water partition coefficient (Wildman–Crippen LogP) is 2.13. The molecule has 2 heterocycles. The molecule has 2 aromatic rings. The van der Waals surface area contributed by atoms with Crippen molar-refractivity contribution in [3.05, 3.63) is 47.5 Å². The number of nitrogens with zero attached hydrogens (tertiary/aromatic N) is 5. The van der Waals surface area contributed by atoms with E-state index in [1.165, 1.54) is 11.1 Å². The van der Waals surface area contributed by atoms with Crippen molar-refractivity contribution in [1.82, 2.24) is 15.1 Å². The molecule has 0 radical (unpaired) electrons. The molecule has 0 atom stereocenters. The van der Waals surface area contributed by atoms with Crippen LogP contribution in [0, 0.1) is 6.92 Å². The number of carbonyl (C=O) groups excluding carboxylic acids is 1. The molecular formula is C20H27N5O. The summed E-state index contributed by atoms with van der Waals surface area (Å²) in [5.74, 6) is 1.96. The Morgan fingerprint density at radius 2 is 1.85 bits per heavy atom. The topological polar surface area (TPSA) is 52.6 Å². The summed E-state index contributed by atoms with van der Waals surface area (Å²) in [5, 5.41) is 8.54. The Bertz CT molecular complexity index is 736. The van der Waals surface area contributed by atoms with E-state index < -0.39 is 0 Å². The molecule has 1 saturated heterocycles. The fourth-order valence-corrected chi connectivity index (χ4v) is 3.19. The summed E-state index contributed by atoms with van der Waals surface area (Å²) >= 11 is 0. The van der Waals surface area contributed by atoms with E-state index in [1.807, 2.05) is 36.0 Å². The summed E-state index contributed by atoms with van der Waals surface area (Å²) in [6, 6.07) is 12.4. The summed E-state index contributed by atoms with van der Waals surface area (Å²) < 4.78 is 0. The summed E-state index contributed by atoms with van der Waals surface area (Å²) in [7, 11) is 3.90. The molecule has 6 nitrogen and oxygen atoms in total. The van der Waals surface area contributed by atoms with Gasteiger partial charge in [0.1, 0.15) is 0 Å². The third-order valence-electron chi connectivity index (χ3n) is 4.76. The fourth-order valence-electron chi connectivity index (χ4n) is 3.19. The average Bonchev–Trinajstić information content (AvgIpc) is 2.66. The molecule has 26 heavy (non-hydrogen) atoms. The number of carbonyl (C=O) groups is 1. The minimum absolute atomic E-state index is 0.236. The van der Waals surface area contributed by atoms with Gasteiger partial charge in [-0.15, -0.1) is 10.2 Å². The maximum absolute atomic E-state index is 12.5. The third-order valence-corrected chi connectivity index (χ3v) is 4.76. The standard InChI is InChI=1S/C20H27N5O/c1-16-5-4-6-17(15-16)7-10-20(26)25-13-11-24(12-14-25)19-9-8-18(21-22-19)23(2)3/h4-6,8-9,15H,7,10-14H2,1-3H3. The van der Waals surface area contributed by atoms with Crippen molar-refractivity contribution in [3.8, 4) is 0 Å². The van der Waals surface area contributed by atoms with Gasteiger partial charge in [0.25, 0.3) is 0 Å². The fraction of sp³-hybridized carbons (Fsp3) is 0.450. The van der Waals surface area contributed by atoms with Crippen molar-refractivity contribution in [2.75, 3.05) is 50.1 Å². The molecule has 0 N–H and O–H groups in total. The Kier molecular flexibility index (Phi) is 5.71. The van der Waals surface area contributed by atoms with E-state index in [0.717, 1.165) is 44.2 Å². The van der Waals surface area contributed by atoms with E-state index in [9.17, 15) is 4.79 Å².